The number of nitrogens with zero attached hydrogens (tertiary/aromatic N) is 1. The van der Waals surface area contributed by atoms with E-state index in [0.29, 0.717) is 5.56 Å². The summed E-state index contributed by atoms with van der Waals surface area (Å²) >= 11 is 5.88. The highest BCUT2D eigenvalue weighted by Crippen LogP contribution is 2.24. The number of aliphatic hydroxyl groups excluding tert-OH is 1. The third-order valence-corrected chi connectivity index (χ3v) is 4.14. The lowest BCUT2D eigenvalue weighted by molar-refractivity contribution is 0.0899. The van der Waals surface area contributed by atoms with Crippen molar-refractivity contribution in [1.29, 1.82) is 0 Å². The van der Waals surface area contributed by atoms with Crippen molar-refractivity contribution in [3.63, 3.8) is 0 Å². The maximum absolute atomic E-state index is 12.2. The van der Waals surface area contributed by atoms with Crippen LogP contribution < -0.4 is 11.1 Å². The zero-order valence-corrected chi connectivity index (χ0v) is 12.1. The van der Waals surface area contributed by atoms with Crippen molar-refractivity contribution >= 4 is 23.3 Å². The van der Waals surface area contributed by atoms with E-state index >= 15 is 0 Å². The Balaban J connectivity index is 2.06. The van der Waals surface area contributed by atoms with E-state index in [-0.39, 0.29) is 35.3 Å². The Kier molecular flexibility index (Phi) is 5.20. The van der Waals surface area contributed by atoms with Gasteiger partial charge in [0.1, 0.15) is 5.82 Å². The number of carbonyl (C=O) groups excluding carboxylic acids is 1. The second-order valence-electron chi connectivity index (χ2n) is 5.25. The molecule has 0 spiro atoms. The topological polar surface area (TPSA) is 88.2 Å². The average Bonchev–Trinajstić information content (AvgIpc) is 2.66. The van der Waals surface area contributed by atoms with E-state index < -0.39 is 0 Å². The number of anilines is 1. The van der Waals surface area contributed by atoms with Crippen LogP contribution in [0, 0.1) is 5.92 Å². The summed E-state index contributed by atoms with van der Waals surface area (Å²) in [6, 6.07) is 1.52. The fraction of sp³-hybridized carbons (Fsp3) is 0.571. The number of carbonyl (C=O) groups is 1. The largest absolute Gasteiger partial charge is 0.396 e. The molecule has 1 aliphatic carbocycles. The van der Waals surface area contributed by atoms with Gasteiger partial charge in [0.25, 0.3) is 5.91 Å². The van der Waals surface area contributed by atoms with Gasteiger partial charge in [0.15, 0.2) is 0 Å². The maximum atomic E-state index is 12.2. The minimum absolute atomic E-state index is 0.00586. The minimum atomic E-state index is -0.218. The Bertz CT molecular complexity index is 481. The maximum Gasteiger partial charge on any atom is 0.253 e. The zero-order valence-electron chi connectivity index (χ0n) is 11.3. The first-order valence-electron chi connectivity index (χ1n) is 6.94. The molecule has 5 nitrogen and oxygen atoms in total. The molecular formula is C14H20ClN3O2. The monoisotopic (exact) mass is 297 g/mol. The van der Waals surface area contributed by atoms with E-state index in [9.17, 15) is 9.90 Å². The number of aromatic nitrogens is 1. The molecule has 6 heteroatoms. The molecule has 1 amide bonds. The van der Waals surface area contributed by atoms with E-state index in [1.807, 2.05) is 0 Å². The number of hydrogen-bond acceptors (Lipinski definition) is 4. The van der Waals surface area contributed by atoms with Crippen LogP contribution in [-0.2, 0) is 0 Å². The van der Waals surface area contributed by atoms with Crippen LogP contribution >= 0.6 is 11.6 Å². The fourth-order valence-electron chi connectivity index (χ4n) is 2.62. The number of halogens is 1. The molecule has 20 heavy (non-hydrogen) atoms. The van der Waals surface area contributed by atoms with Crippen LogP contribution in [-0.4, -0.2) is 28.6 Å². The summed E-state index contributed by atoms with van der Waals surface area (Å²) < 4.78 is 0. The number of pyridine rings is 1. The molecule has 1 aromatic heterocycles. The van der Waals surface area contributed by atoms with Gasteiger partial charge in [-0.1, -0.05) is 30.9 Å². The Hall–Kier alpha value is -1.33. The van der Waals surface area contributed by atoms with Crippen LogP contribution in [0.3, 0.4) is 0 Å². The Labute approximate surface area is 123 Å². The van der Waals surface area contributed by atoms with Gasteiger partial charge >= 0.3 is 0 Å². The molecule has 0 aliphatic heterocycles. The number of amides is 1. The summed E-state index contributed by atoms with van der Waals surface area (Å²) in [5.41, 5.74) is 5.92. The Morgan fingerprint density at radius 1 is 1.45 bits per heavy atom. The molecule has 1 heterocycles. The van der Waals surface area contributed by atoms with Crippen molar-refractivity contribution in [3.05, 3.63) is 22.8 Å². The summed E-state index contributed by atoms with van der Waals surface area (Å²) in [5, 5.41) is 12.7. The molecule has 2 unspecified atom stereocenters. The van der Waals surface area contributed by atoms with Gasteiger partial charge in [-0.2, -0.15) is 0 Å². The number of hydrogen-bond donors (Lipinski definition) is 3. The van der Waals surface area contributed by atoms with Crippen LogP contribution in [0.2, 0.25) is 5.02 Å². The van der Waals surface area contributed by atoms with Crippen molar-refractivity contribution in [2.75, 3.05) is 12.3 Å². The van der Waals surface area contributed by atoms with Crippen LogP contribution in [0.15, 0.2) is 12.3 Å². The molecule has 1 aromatic rings. The molecule has 2 atom stereocenters. The van der Waals surface area contributed by atoms with Gasteiger partial charge in [-0.05, 0) is 18.9 Å². The normalized spacial score (nSPS) is 23.1. The smallest absolute Gasteiger partial charge is 0.253 e. The van der Waals surface area contributed by atoms with Gasteiger partial charge in [-0.3, -0.25) is 4.79 Å². The summed E-state index contributed by atoms with van der Waals surface area (Å²) in [5.74, 6) is 0.120. The third-order valence-electron chi connectivity index (χ3n) is 3.84. The van der Waals surface area contributed by atoms with Crippen molar-refractivity contribution in [1.82, 2.24) is 10.3 Å². The van der Waals surface area contributed by atoms with Gasteiger partial charge in [0.05, 0.1) is 10.6 Å². The summed E-state index contributed by atoms with van der Waals surface area (Å²) in [7, 11) is 0. The predicted octanol–water partition coefficient (Wildman–Crippen LogP) is 1.99. The molecular weight excluding hydrogens is 278 g/mol. The van der Waals surface area contributed by atoms with E-state index in [0.717, 1.165) is 32.1 Å². The lowest BCUT2D eigenvalue weighted by Crippen LogP contribution is -2.41. The second-order valence-corrected chi connectivity index (χ2v) is 5.66. The highest BCUT2D eigenvalue weighted by atomic mass is 35.5. The summed E-state index contributed by atoms with van der Waals surface area (Å²) in [4.78, 5) is 16.1. The first-order chi connectivity index (χ1) is 9.61. The van der Waals surface area contributed by atoms with Gasteiger partial charge < -0.3 is 16.2 Å². The molecule has 2 rings (SSSR count). The first-order valence-corrected chi connectivity index (χ1v) is 7.32. The Morgan fingerprint density at radius 3 is 2.90 bits per heavy atom. The van der Waals surface area contributed by atoms with Gasteiger partial charge in [-0.25, -0.2) is 4.98 Å². The minimum Gasteiger partial charge on any atom is -0.396 e. The van der Waals surface area contributed by atoms with Gasteiger partial charge in [0, 0.05) is 24.8 Å². The standard InChI is InChI=1S/C14H20ClN3O2/c15-11-6-10(7-17-13(11)16)14(20)18-12-5-3-1-2-4-9(12)8-19/h6-7,9,12,19H,1-5,8H2,(H2,16,17)(H,18,20). The number of nitrogen functional groups attached to an aromatic ring is 1. The highest BCUT2D eigenvalue weighted by molar-refractivity contribution is 6.33. The average molecular weight is 298 g/mol. The van der Waals surface area contributed by atoms with Crippen molar-refractivity contribution < 1.29 is 9.90 Å². The highest BCUT2D eigenvalue weighted by Gasteiger charge is 2.25. The van der Waals surface area contributed by atoms with Crippen molar-refractivity contribution in [2.24, 2.45) is 5.92 Å². The Morgan fingerprint density at radius 2 is 2.20 bits per heavy atom. The lowest BCUT2D eigenvalue weighted by atomic mass is 9.95. The van der Waals surface area contributed by atoms with Crippen LogP contribution in [0.25, 0.3) is 0 Å². The first kappa shape index (κ1) is 15.1. The molecule has 110 valence electrons. The second kappa shape index (κ2) is 6.90. The third kappa shape index (κ3) is 3.61. The number of nitrogens with two attached hydrogens (primary N) is 1. The number of nitrogens with one attached hydrogen (secondary N) is 1. The molecule has 4 N–H and O–H groups in total. The summed E-state index contributed by atoms with van der Waals surface area (Å²) in [6.45, 7) is 0.103. The lowest BCUT2D eigenvalue weighted by Gasteiger charge is -2.24. The fourth-order valence-corrected chi connectivity index (χ4v) is 2.78. The molecule has 1 saturated carbocycles. The van der Waals surface area contributed by atoms with Crippen LogP contribution in [0.5, 0.6) is 0 Å². The van der Waals surface area contributed by atoms with Crippen molar-refractivity contribution in [2.45, 2.75) is 38.1 Å². The quantitative estimate of drug-likeness (QED) is 0.745. The molecule has 1 fully saturated rings. The van der Waals surface area contributed by atoms with E-state index in [4.69, 9.17) is 17.3 Å². The van der Waals surface area contributed by atoms with Crippen LogP contribution in [0.1, 0.15) is 42.5 Å². The number of aliphatic hydroxyl groups is 1. The molecule has 1 aliphatic rings. The predicted molar refractivity (Wildman–Crippen MR) is 78.6 cm³/mol. The van der Waals surface area contributed by atoms with Gasteiger partial charge in [-0.15, -0.1) is 0 Å². The van der Waals surface area contributed by atoms with Crippen LogP contribution in [0.4, 0.5) is 5.82 Å². The van der Waals surface area contributed by atoms with E-state index in [1.165, 1.54) is 12.3 Å². The van der Waals surface area contributed by atoms with Crippen molar-refractivity contribution in [3.8, 4) is 0 Å². The molecule has 0 saturated heterocycles. The zero-order chi connectivity index (χ0) is 14.5. The van der Waals surface area contributed by atoms with E-state index in [1.54, 1.807) is 0 Å². The van der Waals surface area contributed by atoms with E-state index in [2.05, 4.69) is 10.3 Å². The number of rotatable bonds is 3. The molecule has 0 radical (unpaired) electrons. The van der Waals surface area contributed by atoms with Gasteiger partial charge in [0.2, 0.25) is 0 Å². The molecule has 0 aromatic carbocycles. The summed E-state index contributed by atoms with van der Waals surface area (Å²) in [6.07, 6.45) is 6.59. The SMILES string of the molecule is Nc1ncc(C(=O)NC2CCCCCC2CO)cc1Cl. The molecule has 0 bridgehead atoms.